The Bertz CT molecular complexity index is 1410. The molecule has 12 heteroatoms. The van der Waals surface area contributed by atoms with Gasteiger partial charge in [-0.2, -0.15) is 10.1 Å². The molecule has 2 saturated heterocycles. The molecule has 0 aliphatic carbocycles. The topological polar surface area (TPSA) is 124 Å². The molecule has 5 heterocycles. The maximum Gasteiger partial charge on any atom is 0.251 e. The van der Waals surface area contributed by atoms with Crippen LogP contribution in [0, 0.1) is 6.92 Å². The van der Waals surface area contributed by atoms with E-state index >= 15 is 0 Å². The smallest absolute Gasteiger partial charge is 0.251 e. The summed E-state index contributed by atoms with van der Waals surface area (Å²) in [4.78, 5) is 25.3. The third-order valence-electron chi connectivity index (χ3n) is 7.94. The number of fused-ring (bicyclic) bond motifs is 1. The molecule has 218 valence electrons. The molecule has 1 amide bonds. The lowest BCUT2D eigenvalue weighted by Crippen LogP contribution is -2.39. The molecule has 2 N–H and O–H groups in total. The number of ether oxygens (including phenoxy) is 2. The molecule has 2 aromatic heterocycles. The molecule has 0 radical (unpaired) electrons. The summed E-state index contributed by atoms with van der Waals surface area (Å²) in [5, 5.41) is 10.8. The van der Waals surface area contributed by atoms with E-state index in [2.05, 4.69) is 20.6 Å². The Morgan fingerprint density at radius 2 is 1.88 bits per heavy atom. The van der Waals surface area contributed by atoms with Gasteiger partial charge >= 0.3 is 0 Å². The summed E-state index contributed by atoms with van der Waals surface area (Å²) in [5.74, 6) is 2.66. The van der Waals surface area contributed by atoms with Gasteiger partial charge in [0, 0.05) is 88.3 Å². The molecule has 6 rings (SSSR count). The van der Waals surface area contributed by atoms with Crippen LogP contribution in [0.4, 0.5) is 11.8 Å². The molecule has 3 aromatic rings. The van der Waals surface area contributed by atoms with Crippen LogP contribution in [0.5, 0.6) is 5.75 Å². The van der Waals surface area contributed by atoms with Crippen LogP contribution in [0.1, 0.15) is 53.0 Å². The number of benzene rings is 1. The van der Waals surface area contributed by atoms with Crippen molar-refractivity contribution in [3.8, 4) is 5.75 Å². The van der Waals surface area contributed by atoms with Gasteiger partial charge in [-0.25, -0.2) is 4.98 Å². The molecule has 2 fully saturated rings. The van der Waals surface area contributed by atoms with E-state index in [1.165, 1.54) is 0 Å². The summed E-state index contributed by atoms with van der Waals surface area (Å²) in [6.07, 6.45) is 6.21. The molecule has 0 bridgehead atoms. The first kappa shape index (κ1) is 27.6. The number of carbonyl (C=O) groups is 1. The number of amides is 1. The predicted molar refractivity (Wildman–Crippen MR) is 156 cm³/mol. The second-order valence-corrected chi connectivity index (χ2v) is 12.4. The third kappa shape index (κ3) is 6.38. The summed E-state index contributed by atoms with van der Waals surface area (Å²) < 4.78 is 26.2. The molecule has 3 aliphatic rings. The van der Waals surface area contributed by atoms with Gasteiger partial charge in [0.1, 0.15) is 22.6 Å². The van der Waals surface area contributed by atoms with Gasteiger partial charge in [-0.05, 0) is 44.0 Å². The number of rotatable bonds is 8. The number of aryl methyl sites for hydroxylation is 3. The summed E-state index contributed by atoms with van der Waals surface area (Å²) in [6, 6.07) is 7.58. The molecule has 1 unspecified atom stereocenters. The van der Waals surface area contributed by atoms with Crippen LogP contribution in [0.3, 0.4) is 0 Å². The molecule has 0 spiro atoms. The van der Waals surface area contributed by atoms with E-state index in [0.29, 0.717) is 23.8 Å². The Labute approximate surface area is 242 Å². The third-order valence-corrected chi connectivity index (χ3v) is 9.40. The summed E-state index contributed by atoms with van der Waals surface area (Å²) >= 11 is 0. The first-order valence-electron chi connectivity index (χ1n) is 14.4. The summed E-state index contributed by atoms with van der Waals surface area (Å²) in [7, 11) is 0.813. The molecule has 11 nitrogen and oxygen atoms in total. The quantitative estimate of drug-likeness (QED) is 0.415. The van der Waals surface area contributed by atoms with E-state index in [4.69, 9.17) is 19.4 Å². The highest BCUT2D eigenvalue weighted by Crippen LogP contribution is 2.32. The second kappa shape index (κ2) is 12.2. The van der Waals surface area contributed by atoms with Crippen molar-refractivity contribution in [3.63, 3.8) is 0 Å². The second-order valence-electron chi connectivity index (χ2n) is 10.9. The van der Waals surface area contributed by atoms with E-state index in [1.807, 2.05) is 32.3 Å². The lowest BCUT2D eigenvalue weighted by atomic mass is 10.1. The fourth-order valence-electron chi connectivity index (χ4n) is 5.61. The predicted octanol–water partition coefficient (Wildman–Crippen LogP) is 2.75. The minimum absolute atomic E-state index is 0.0706. The van der Waals surface area contributed by atoms with Crippen LogP contribution in [-0.4, -0.2) is 74.1 Å². The van der Waals surface area contributed by atoms with Crippen LogP contribution in [0.15, 0.2) is 35.4 Å². The van der Waals surface area contributed by atoms with Gasteiger partial charge in [-0.15, -0.1) is 0 Å². The first-order chi connectivity index (χ1) is 19.9. The molecular formula is C29H37N7O4S. The van der Waals surface area contributed by atoms with Gasteiger partial charge in [-0.1, -0.05) is 0 Å². The minimum Gasteiger partial charge on any atom is -0.490 e. The van der Waals surface area contributed by atoms with Crippen LogP contribution >= 0.6 is 0 Å². The van der Waals surface area contributed by atoms with E-state index in [0.717, 1.165) is 91.8 Å². The van der Waals surface area contributed by atoms with Crippen molar-refractivity contribution in [2.45, 2.75) is 62.6 Å². The fourth-order valence-corrected chi connectivity index (χ4v) is 6.92. The zero-order valence-electron chi connectivity index (χ0n) is 23.6. The fraction of sp³-hybridized carbons (Fsp3) is 0.517. The monoisotopic (exact) mass is 579 g/mol. The van der Waals surface area contributed by atoms with Gasteiger partial charge in [0.25, 0.3) is 5.91 Å². The Kier molecular flexibility index (Phi) is 8.20. The Balaban J connectivity index is 1.03. The van der Waals surface area contributed by atoms with E-state index < -0.39 is 10.8 Å². The van der Waals surface area contributed by atoms with E-state index in [1.54, 1.807) is 16.8 Å². The molecule has 41 heavy (non-hydrogen) atoms. The van der Waals surface area contributed by atoms with Crippen molar-refractivity contribution in [1.29, 1.82) is 0 Å². The largest absolute Gasteiger partial charge is 0.490 e. The number of anilines is 2. The number of aromatic nitrogens is 4. The van der Waals surface area contributed by atoms with Crippen molar-refractivity contribution in [1.82, 2.24) is 25.1 Å². The average molecular weight is 580 g/mol. The summed E-state index contributed by atoms with van der Waals surface area (Å²) in [6.45, 7) is 5.39. The van der Waals surface area contributed by atoms with E-state index in [9.17, 15) is 9.00 Å². The molecule has 1 atom stereocenters. The SMILES string of the molecule is Cc1nn(C)cc1CNC(=O)c1ccc(OC2CCN(c3nc4c(c(NC5CCOCC5)n3)S(=O)CC4)CC2)cc1. The summed E-state index contributed by atoms with van der Waals surface area (Å²) in [5.41, 5.74) is 3.41. The lowest BCUT2D eigenvalue weighted by molar-refractivity contribution is 0.0903. The molecular weight excluding hydrogens is 542 g/mol. The number of piperidine rings is 1. The Morgan fingerprint density at radius 1 is 1.12 bits per heavy atom. The van der Waals surface area contributed by atoms with Crippen LogP contribution in [0.2, 0.25) is 0 Å². The van der Waals surface area contributed by atoms with Crippen molar-refractivity contribution < 1.29 is 18.5 Å². The lowest BCUT2D eigenvalue weighted by Gasteiger charge is -2.33. The normalized spacial score (nSPS) is 19.7. The molecule has 3 aliphatic heterocycles. The average Bonchev–Trinajstić information content (AvgIpc) is 3.53. The van der Waals surface area contributed by atoms with Crippen LogP contribution in [0.25, 0.3) is 0 Å². The van der Waals surface area contributed by atoms with Gasteiger partial charge < -0.3 is 25.0 Å². The zero-order chi connectivity index (χ0) is 28.3. The number of carbonyl (C=O) groups excluding carboxylic acids is 1. The minimum atomic E-state index is -1.06. The number of nitrogens with one attached hydrogen (secondary N) is 2. The highest BCUT2D eigenvalue weighted by Gasteiger charge is 2.30. The zero-order valence-corrected chi connectivity index (χ0v) is 24.4. The van der Waals surface area contributed by atoms with Crippen LogP contribution < -0.4 is 20.3 Å². The number of hydrogen-bond donors (Lipinski definition) is 2. The molecule has 0 saturated carbocycles. The van der Waals surface area contributed by atoms with Gasteiger partial charge in [0.05, 0.1) is 22.2 Å². The number of nitrogens with zero attached hydrogens (tertiary/aromatic N) is 5. The van der Waals surface area contributed by atoms with Gasteiger partial charge in [0.15, 0.2) is 0 Å². The van der Waals surface area contributed by atoms with Crippen molar-refractivity contribution in [2.24, 2.45) is 7.05 Å². The highest BCUT2D eigenvalue weighted by atomic mass is 32.2. The van der Waals surface area contributed by atoms with Gasteiger partial charge in [-0.3, -0.25) is 13.7 Å². The van der Waals surface area contributed by atoms with Crippen molar-refractivity contribution in [3.05, 3.63) is 53.0 Å². The maximum absolute atomic E-state index is 12.7. The van der Waals surface area contributed by atoms with Crippen LogP contribution in [-0.2, 0) is 35.5 Å². The molecule has 1 aromatic carbocycles. The first-order valence-corrected chi connectivity index (χ1v) is 15.7. The standard InChI is InChI=1S/C29H37N7O4S/c1-19-21(18-35(2)34-19)17-30-28(37)20-3-5-23(6-4-20)40-24-7-12-36(13-8-24)29-32-25-11-16-41(38)26(25)27(33-29)31-22-9-14-39-15-10-22/h3-6,18,22,24H,7-17H2,1-2H3,(H,30,37)(H,31,32,33). The number of hydrogen-bond acceptors (Lipinski definition) is 9. The van der Waals surface area contributed by atoms with E-state index in [-0.39, 0.29) is 18.1 Å². The Hall–Kier alpha value is -3.51. The highest BCUT2D eigenvalue weighted by molar-refractivity contribution is 7.85. The van der Waals surface area contributed by atoms with Crippen molar-refractivity contribution in [2.75, 3.05) is 42.3 Å². The maximum atomic E-state index is 12.7. The Morgan fingerprint density at radius 3 is 2.59 bits per heavy atom. The van der Waals surface area contributed by atoms with Crippen molar-refractivity contribution >= 4 is 28.5 Å². The van der Waals surface area contributed by atoms with Gasteiger partial charge in [0.2, 0.25) is 5.95 Å².